The van der Waals surface area contributed by atoms with Gasteiger partial charge >= 0.3 is 0 Å². The molecular formula is C61H81N5O7S2. The van der Waals surface area contributed by atoms with Crippen molar-refractivity contribution in [3.63, 3.8) is 0 Å². The van der Waals surface area contributed by atoms with Crippen LogP contribution in [0.25, 0.3) is 10.8 Å². The summed E-state index contributed by atoms with van der Waals surface area (Å²) in [7, 11) is 0. The van der Waals surface area contributed by atoms with Crippen LogP contribution in [0.4, 0.5) is 0 Å². The first kappa shape index (κ1) is 56.5. The standard InChI is InChI=1S/C61H81N5O7S2/c1-9-38(3)56(68)62-46-25-27-75-51-32-61(7,8)55(66(51)33-46)59(71)65-49(44-19-15-12-16-20-44)37-73-35-41-22-24-42-23-21-40(29-45(42)30-41)34-72-36-48(43-17-13-11-14-18-43)64-58(70)53-52-50(31-60(53,5)6)74-28-26-47(54(52)67)63-57(69)39(4)10-2/h11-24,29-30,38-39,46-53,55H,9-10,25-28,31-37H2,1-8H3,(H,62,68)(H,63,69)(H,64,70)(H,65,71)/t38-,39-,46+,47+,48-,49-,50+,51+,52?,53-,55-/m1/s1. The second-order valence-electron chi connectivity index (χ2n) is 23.1. The van der Waals surface area contributed by atoms with Gasteiger partial charge in [0.05, 0.1) is 61.9 Å². The Morgan fingerprint density at radius 3 is 1.79 bits per heavy atom. The van der Waals surface area contributed by atoms with Crippen molar-refractivity contribution in [2.24, 2.45) is 34.5 Å². The number of rotatable bonds is 20. The van der Waals surface area contributed by atoms with E-state index in [2.05, 4.69) is 90.3 Å². The second-order valence-corrected chi connectivity index (χ2v) is 25.7. The molecule has 0 bridgehead atoms. The van der Waals surface area contributed by atoms with Crippen LogP contribution in [-0.2, 0) is 46.7 Å². The van der Waals surface area contributed by atoms with E-state index in [1.54, 1.807) is 11.8 Å². The molecular weight excluding hydrogens is 979 g/mol. The zero-order valence-electron chi connectivity index (χ0n) is 45.4. The summed E-state index contributed by atoms with van der Waals surface area (Å²) in [4.78, 5) is 71.8. The van der Waals surface area contributed by atoms with Crippen LogP contribution in [0.1, 0.15) is 128 Å². The van der Waals surface area contributed by atoms with Crippen molar-refractivity contribution < 1.29 is 33.4 Å². The molecule has 4 fully saturated rings. The molecule has 4 aromatic carbocycles. The van der Waals surface area contributed by atoms with Crippen molar-refractivity contribution in [2.75, 3.05) is 31.3 Å². The maximum Gasteiger partial charge on any atom is 0.238 e. The fourth-order valence-electron chi connectivity index (χ4n) is 11.8. The van der Waals surface area contributed by atoms with Crippen molar-refractivity contribution in [3.8, 4) is 0 Å². The largest absolute Gasteiger partial charge is 0.374 e. The van der Waals surface area contributed by atoms with Gasteiger partial charge in [0.2, 0.25) is 23.6 Å². The number of amides is 4. The third-order valence-corrected chi connectivity index (χ3v) is 19.2. The van der Waals surface area contributed by atoms with Crippen LogP contribution in [0, 0.1) is 34.5 Å². The molecule has 0 aromatic heterocycles. The number of carbonyl (C=O) groups is 5. The van der Waals surface area contributed by atoms with E-state index < -0.39 is 29.3 Å². The molecule has 0 spiro atoms. The van der Waals surface area contributed by atoms with E-state index in [0.717, 1.165) is 70.2 Å². The predicted molar refractivity (Wildman–Crippen MR) is 302 cm³/mol. The highest BCUT2D eigenvalue weighted by molar-refractivity contribution is 8.00. The van der Waals surface area contributed by atoms with Crippen molar-refractivity contribution in [1.82, 2.24) is 26.2 Å². The smallest absolute Gasteiger partial charge is 0.238 e. The number of carbonyl (C=O) groups excluding carboxylic acids is 5. The van der Waals surface area contributed by atoms with E-state index in [-0.39, 0.29) is 88.6 Å². The lowest BCUT2D eigenvalue weighted by molar-refractivity contribution is -0.138. The third-order valence-electron chi connectivity index (χ3n) is 16.5. The second kappa shape index (κ2) is 25.2. The first-order chi connectivity index (χ1) is 36.0. The van der Waals surface area contributed by atoms with Crippen LogP contribution < -0.4 is 21.3 Å². The van der Waals surface area contributed by atoms with Gasteiger partial charge in [0.15, 0.2) is 5.78 Å². The van der Waals surface area contributed by atoms with Gasteiger partial charge in [-0.3, -0.25) is 28.9 Å². The quantitative estimate of drug-likeness (QED) is 0.0673. The van der Waals surface area contributed by atoms with Crippen molar-refractivity contribution >= 4 is 63.7 Å². The topological polar surface area (TPSA) is 155 Å². The van der Waals surface area contributed by atoms with Gasteiger partial charge in [-0.2, -0.15) is 11.8 Å². The highest BCUT2D eigenvalue weighted by Crippen LogP contribution is 2.53. The molecule has 12 nitrogen and oxygen atoms in total. The van der Waals surface area contributed by atoms with Crippen LogP contribution in [0.5, 0.6) is 0 Å². The van der Waals surface area contributed by atoms with E-state index in [1.165, 1.54) is 0 Å². The normalized spacial score (nSPS) is 25.9. The van der Waals surface area contributed by atoms with Crippen molar-refractivity contribution in [1.29, 1.82) is 0 Å². The minimum absolute atomic E-state index is 0.00701. The number of ketones is 1. The number of benzene rings is 4. The van der Waals surface area contributed by atoms with E-state index in [1.807, 2.05) is 100 Å². The monoisotopic (exact) mass is 1060 g/mol. The first-order valence-electron chi connectivity index (χ1n) is 27.5. The Bertz CT molecular complexity index is 2620. The van der Waals surface area contributed by atoms with E-state index in [0.29, 0.717) is 32.6 Å². The highest BCUT2D eigenvalue weighted by Gasteiger charge is 2.57. The summed E-state index contributed by atoms with van der Waals surface area (Å²) in [6.07, 6.45) is 4.56. The van der Waals surface area contributed by atoms with Crippen LogP contribution in [0.3, 0.4) is 0 Å². The lowest BCUT2D eigenvalue weighted by Gasteiger charge is -2.35. The minimum Gasteiger partial charge on any atom is -0.374 e. The van der Waals surface area contributed by atoms with Crippen LogP contribution >= 0.6 is 23.5 Å². The molecule has 0 radical (unpaired) electrons. The fraction of sp³-hybridized carbons (Fsp3) is 0.557. The van der Waals surface area contributed by atoms with Gasteiger partial charge in [-0.25, -0.2) is 0 Å². The molecule has 11 atom stereocenters. The molecule has 1 aliphatic carbocycles. The van der Waals surface area contributed by atoms with E-state index in [4.69, 9.17) is 9.47 Å². The maximum atomic E-state index is 14.6. The first-order valence-corrected chi connectivity index (χ1v) is 29.6. The molecule has 3 aliphatic heterocycles. The highest BCUT2D eigenvalue weighted by atomic mass is 32.2. The zero-order valence-corrected chi connectivity index (χ0v) is 47.0. The molecule has 404 valence electrons. The van der Waals surface area contributed by atoms with Gasteiger partial charge in [-0.15, -0.1) is 11.8 Å². The predicted octanol–water partition coefficient (Wildman–Crippen LogP) is 9.95. The van der Waals surface area contributed by atoms with Crippen molar-refractivity contribution in [3.05, 3.63) is 119 Å². The summed E-state index contributed by atoms with van der Waals surface area (Å²) in [5, 5.41) is 15.5. The average Bonchev–Trinajstić information content (AvgIpc) is 3.68. The lowest BCUT2D eigenvalue weighted by atomic mass is 9.75. The number of hydrogen-bond donors (Lipinski definition) is 4. The fourth-order valence-corrected chi connectivity index (χ4v) is 15.2. The van der Waals surface area contributed by atoms with Crippen LogP contribution in [0.2, 0.25) is 0 Å². The van der Waals surface area contributed by atoms with Gasteiger partial charge in [0.1, 0.15) is 0 Å². The van der Waals surface area contributed by atoms with Gasteiger partial charge < -0.3 is 30.7 Å². The summed E-state index contributed by atoms with van der Waals surface area (Å²) >= 11 is 3.66. The number of Topliss-reactive ketones (excluding diaryl/α,β-unsaturated/α-hetero) is 1. The molecule has 75 heavy (non-hydrogen) atoms. The molecule has 4 amide bonds. The van der Waals surface area contributed by atoms with Crippen LogP contribution in [-0.4, -0.2) is 94.3 Å². The summed E-state index contributed by atoms with van der Waals surface area (Å²) in [6, 6.07) is 30.7. The van der Waals surface area contributed by atoms with Gasteiger partial charge in [-0.05, 0) is 106 Å². The Morgan fingerprint density at radius 1 is 0.667 bits per heavy atom. The third kappa shape index (κ3) is 13.7. The Morgan fingerprint density at radius 2 is 1.21 bits per heavy atom. The molecule has 14 heteroatoms. The SMILES string of the molecule is CC[C@@H](C)C(=O)N[C@H]1CCS[C@H]2CC(C)(C)[C@@H](C(=O)N[C@H](COCc3ccc4ccc(COC[C@@H](NC(=O)[C@H]5C6C(=O)[C@@H](NC(=O)[C@H](C)CC)CCS[C@H]6CC5(C)C)c5ccccc5)cc4c3)c3ccccc3)N2C1. The number of nitrogens with one attached hydrogen (secondary N) is 4. The molecule has 4 N–H and O–H groups in total. The lowest BCUT2D eigenvalue weighted by Crippen LogP contribution is -2.54. The molecule has 4 aromatic rings. The zero-order chi connectivity index (χ0) is 53.4. The summed E-state index contributed by atoms with van der Waals surface area (Å²) in [5.41, 5.74) is 3.19. The van der Waals surface area contributed by atoms with E-state index in [9.17, 15) is 24.0 Å². The Kier molecular flexibility index (Phi) is 18.9. The molecule has 1 unspecified atom stereocenters. The molecule has 1 saturated carbocycles. The summed E-state index contributed by atoms with van der Waals surface area (Å²) in [6.45, 7) is 18.2. The van der Waals surface area contributed by atoms with Gasteiger partial charge in [0.25, 0.3) is 0 Å². The number of ether oxygens (including phenoxy) is 2. The maximum absolute atomic E-state index is 14.6. The average molecular weight is 1060 g/mol. The molecule has 3 saturated heterocycles. The number of nitrogens with zero attached hydrogens (tertiary/aromatic N) is 1. The Hall–Kier alpha value is -4.73. The van der Waals surface area contributed by atoms with E-state index >= 15 is 0 Å². The summed E-state index contributed by atoms with van der Waals surface area (Å²) < 4.78 is 12.9. The minimum atomic E-state index is -0.599. The van der Waals surface area contributed by atoms with Crippen molar-refractivity contribution in [2.45, 2.75) is 148 Å². The Labute approximate surface area is 454 Å². The summed E-state index contributed by atoms with van der Waals surface area (Å²) in [5.74, 6) is 0.158. The van der Waals surface area contributed by atoms with Gasteiger partial charge in [0, 0.05) is 35.6 Å². The van der Waals surface area contributed by atoms with Crippen LogP contribution in [0.15, 0.2) is 97.1 Å². The molecule has 8 rings (SSSR count). The number of fused-ring (bicyclic) bond motifs is 3. The number of hydrogen-bond acceptors (Lipinski definition) is 10. The van der Waals surface area contributed by atoms with Gasteiger partial charge in [-0.1, -0.05) is 140 Å². The number of thioether (sulfide) groups is 2. The molecule has 4 aliphatic rings. The molecule has 3 heterocycles. The Balaban J connectivity index is 0.904.